The van der Waals surface area contributed by atoms with Gasteiger partial charge in [-0.2, -0.15) is 0 Å². The van der Waals surface area contributed by atoms with Gasteiger partial charge in [0, 0.05) is 31.2 Å². The van der Waals surface area contributed by atoms with E-state index in [4.69, 9.17) is 16.3 Å². The number of carbonyl (C=O) groups excluding carboxylic acids is 1. The zero-order valence-electron chi connectivity index (χ0n) is 16.2. The van der Waals surface area contributed by atoms with Gasteiger partial charge in [0.15, 0.2) is 0 Å². The molecule has 9 heteroatoms. The number of morpholine rings is 1. The van der Waals surface area contributed by atoms with Crippen LogP contribution in [0.25, 0.3) is 0 Å². The van der Waals surface area contributed by atoms with Crippen molar-refractivity contribution < 1.29 is 17.9 Å². The van der Waals surface area contributed by atoms with E-state index in [9.17, 15) is 13.2 Å². The van der Waals surface area contributed by atoms with Crippen LogP contribution >= 0.6 is 11.6 Å². The Bertz CT molecular complexity index is 796. The number of carbonyl (C=O) groups is 1. The van der Waals surface area contributed by atoms with Gasteiger partial charge in [0.25, 0.3) is 0 Å². The average molecular weight is 430 g/mol. The van der Waals surface area contributed by atoms with Crippen molar-refractivity contribution in [2.75, 3.05) is 55.4 Å². The Hall–Kier alpha value is -1.35. The van der Waals surface area contributed by atoms with Gasteiger partial charge in [-0.05, 0) is 37.5 Å². The standard InChI is InChI=1S/C19H28ClN3O4S/c1-2-12-28(25,26)23-7-3-4-15(14-23)19(24)21-17-13-16(20)5-6-18(17)22-8-10-27-11-9-22/h5-6,13,15H,2-4,7-12,14H2,1H3,(H,21,24). The third-order valence-corrected chi connectivity index (χ3v) is 7.46. The van der Waals surface area contributed by atoms with E-state index >= 15 is 0 Å². The smallest absolute Gasteiger partial charge is 0.228 e. The van der Waals surface area contributed by atoms with Crippen molar-refractivity contribution in [1.29, 1.82) is 0 Å². The molecule has 28 heavy (non-hydrogen) atoms. The summed E-state index contributed by atoms with van der Waals surface area (Å²) in [7, 11) is -3.29. The number of ether oxygens (including phenoxy) is 1. The number of piperidine rings is 1. The molecule has 1 aromatic carbocycles. The lowest BCUT2D eigenvalue weighted by molar-refractivity contribution is -0.120. The highest BCUT2D eigenvalue weighted by Crippen LogP contribution is 2.31. The Kier molecular flexibility index (Phi) is 7.20. The molecule has 2 saturated heterocycles. The van der Waals surface area contributed by atoms with Crippen molar-refractivity contribution in [3.63, 3.8) is 0 Å². The van der Waals surface area contributed by atoms with Crippen LogP contribution in [-0.4, -0.2) is 63.8 Å². The van der Waals surface area contributed by atoms with Gasteiger partial charge in [-0.3, -0.25) is 4.79 Å². The summed E-state index contributed by atoms with van der Waals surface area (Å²) in [5.74, 6) is -0.401. The summed E-state index contributed by atoms with van der Waals surface area (Å²) in [5, 5.41) is 3.54. The molecule has 2 aliphatic heterocycles. The number of benzene rings is 1. The molecule has 7 nitrogen and oxygen atoms in total. The van der Waals surface area contributed by atoms with Crippen LogP contribution in [0.15, 0.2) is 18.2 Å². The summed E-state index contributed by atoms with van der Waals surface area (Å²) < 4.78 is 31.6. The molecule has 0 aliphatic carbocycles. The van der Waals surface area contributed by atoms with Crippen LogP contribution < -0.4 is 10.2 Å². The van der Waals surface area contributed by atoms with E-state index in [0.29, 0.717) is 49.7 Å². The maximum atomic E-state index is 12.9. The minimum absolute atomic E-state index is 0.122. The van der Waals surface area contributed by atoms with Gasteiger partial charge in [0.1, 0.15) is 0 Å². The number of sulfonamides is 1. The van der Waals surface area contributed by atoms with Crippen molar-refractivity contribution >= 4 is 38.9 Å². The number of hydrogen-bond donors (Lipinski definition) is 1. The monoisotopic (exact) mass is 429 g/mol. The number of nitrogens with one attached hydrogen (secondary N) is 1. The molecule has 0 spiro atoms. The van der Waals surface area contributed by atoms with Crippen LogP contribution in [0.3, 0.4) is 0 Å². The maximum Gasteiger partial charge on any atom is 0.228 e. The summed E-state index contributed by atoms with van der Waals surface area (Å²) >= 11 is 6.16. The van der Waals surface area contributed by atoms with Crippen molar-refractivity contribution in [2.45, 2.75) is 26.2 Å². The largest absolute Gasteiger partial charge is 0.378 e. The van der Waals surface area contributed by atoms with Gasteiger partial charge in [-0.25, -0.2) is 12.7 Å². The van der Waals surface area contributed by atoms with Crippen LogP contribution in [0, 0.1) is 5.92 Å². The Balaban J connectivity index is 1.73. The molecule has 156 valence electrons. The SMILES string of the molecule is CCCS(=O)(=O)N1CCCC(C(=O)Nc2cc(Cl)ccc2N2CCOCC2)C1. The summed E-state index contributed by atoms with van der Waals surface area (Å²) in [5.41, 5.74) is 1.57. The maximum absolute atomic E-state index is 12.9. The molecular formula is C19H28ClN3O4S. The lowest BCUT2D eigenvalue weighted by Crippen LogP contribution is -2.44. The summed E-state index contributed by atoms with van der Waals surface area (Å²) in [6, 6.07) is 5.46. The Morgan fingerprint density at radius 3 is 2.75 bits per heavy atom. The second-order valence-corrected chi connectivity index (χ2v) is 9.79. The van der Waals surface area contributed by atoms with E-state index in [1.165, 1.54) is 4.31 Å². The second kappa shape index (κ2) is 9.43. The number of hydrogen-bond acceptors (Lipinski definition) is 5. The first-order valence-corrected chi connectivity index (χ1v) is 11.8. The van der Waals surface area contributed by atoms with Gasteiger partial charge in [0.05, 0.1) is 36.3 Å². The minimum atomic E-state index is -3.29. The molecule has 0 bridgehead atoms. The third kappa shape index (κ3) is 5.17. The zero-order chi connectivity index (χ0) is 20.1. The fourth-order valence-corrected chi connectivity index (χ4v) is 5.48. The Labute approximate surface area is 172 Å². The van der Waals surface area contributed by atoms with Crippen molar-refractivity contribution in [2.24, 2.45) is 5.92 Å². The zero-order valence-corrected chi connectivity index (χ0v) is 17.8. The van der Waals surface area contributed by atoms with Gasteiger partial charge in [-0.15, -0.1) is 0 Å². The van der Waals surface area contributed by atoms with E-state index < -0.39 is 10.0 Å². The van der Waals surface area contributed by atoms with Gasteiger partial charge in [0.2, 0.25) is 15.9 Å². The van der Waals surface area contributed by atoms with Crippen LogP contribution in [0.2, 0.25) is 5.02 Å². The molecular weight excluding hydrogens is 402 g/mol. The van der Waals surface area contributed by atoms with E-state index in [-0.39, 0.29) is 24.1 Å². The molecule has 0 radical (unpaired) electrons. The van der Waals surface area contributed by atoms with Crippen LogP contribution in [0.1, 0.15) is 26.2 Å². The minimum Gasteiger partial charge on any atom is -0.378 e. The summed E-state index contributed by atoms with van der Waals surface area (Å²) in [6.07, 6.45) is 1.94. The molecule has 2 heterocycles. The van der Waals surface area contributed by atoms with E-state index in [1.54, 1.807) is 6.07 Å². The first-order valence-electron chi connectivity index (χ1n) is 9.81. The molecule has 1 amide bonds. The molecule has 2 fully saturated rings. The normalized spacial score (nSPS) is 21.5. The van der Waals surface area contributed by atoms with Crippen LogP contribution in [0.4, 0.5) is 11.4 Å². The number of amides is 1. The molecule has 0 aromatic heterocycles. The third-order valence-electron chi connectivity index (χ3n) is 5.18. The predicted octanol–water partition coefficient (Wildman–Crippen LogP) is 2.57. The van der Waals surface area contributed by atoms with E-state index in [0.717, 1.165) is 18.8 Å². The highest BCUT2D eigenvalue weighted by Gasteiger charge is 2.32. The molecule has 1 atom stereocenters. The predicted molar refractivity (Wildman–Crippen MR) is 111 cm³/mol. The van der Waals surface area contributed by atoms with Gasteiger partial charge >= 0.3 is 0 Å². The first-order chi connectivity index (χ1) is 13.4. The quantitative estimate of drug-likeness (QED) is 0.751. The number of rotatable bonds is 6. The number of anilines is 2. The highest BCUT2D eigenvalue weighted by molar-refractivity contribution is 7.89. The Morgan fingerprint density at radius 1 is 1.29 bits per heavy atom. The number of halogens is 1. The fraction of sp³-hybridized carbons (Fsp3) is 0.632. The van der Waals surface area contributed by atoms with E-state index in [1.807, 2.05) is 19.1 Å². The Morgan fingerprint density at radius 2 is 2.04 bits per heavy atom. The molecule has 2 aliphatic rings. The lowest BCUT2D eigenvalue weighted by atomic mass is 9.98. The topological polar surface area (TPSA) is 79.0 Å². The van der Waals surface area contributed by atoms with Crippen LogP contribution in [-0.2, 0) is 19.6 Å². The van der Waals surface area contributed by atoms with E-state index in [2.05, 4.69) is 10.2 Å². The van der Waals surface area contributed by atoms with Crippen molar-refractivity contribution in [3.05, 3.63) is 23.2 Å². The molecule has 1 unspecified atom stereocenters. The lowest BCUT2D eigenvalue weighted by Gasteiger charge is -2.33. The first kappa shape index (κ1) is 21.4. The molecule has 1 N–H and O–H groups in total. The van der Waals surface area contributed by atoms with Crippen LogP contribution in [0.5, 0.6) is 0 Å². The molecule has 1 aromatic rings. The number of nitrogens with zero attached hydrogens (tertiary/aromatic N) is 2. The highest BCUT2D eigenvalue weighted by atomic mass is 35.5. The summed E-state index contributed by atoms with van der Waals surface area (Å²) in [6.45, 7) is 5.35. The molecule has 0 saturated carbocycles. The van der Waals surface area contributed by atoms with Gasteiger partial charge < -0.3 is 15.0 Å². The second-order valence-electron chi connectivity index (χ2n) is 7.26. The average Bonchev–Trinajstić information content (AvgIpc) is 2.69. The van der Waals surface area contributed by atoms with Gasteiger partial charge in [-0.1, -0.05) is 18.5 Å². The van der Waals surface area contributed by atoms with Crippen molar-refractivity contribution in [1.82, 2.24) is 4.31 Å². The van der Waals surface area contributed by atoms with Crippen molar-refractivity contribution in [3.8, 4) is 0 Å². The fourth-order valence-electron chi connectivity index (χ4n) is 3.72. The summed E-state index contributed by atoms with van der Waals surface area (Å²) in [4.78, 5) is 15.1. The molecule has 3 rings (SSSR count).